The molecule has 0 atom stereocenters. The number of hydrogen-bond donors (Lipinski definition) is 2. The van der Waals surface area contributed by atoms with Gasteiger partial charge in [0, 0.05) is 22.5 Å². The minimum atomic E-state index is -4.43. The van der Waals surface area contributed by atoms with Crippen molar-refractivity contribution in [1.29, 1.82) is 0 Å². The maximum atomic E-state index is 13.5. The lowest BCUT2D eigenvalue weighted by molar-refractivity contribution is -0.138. The second-order valence-corrected chi connectivity index (χ2v) is 8.16. The Bertz CT molecular complexity index is 1020. The summed E-state index contributed by atoms with van der Waals surface area (Å²) in [7, 11) is 0. The molecule has 1 aliphatic rings. The van der Waals surface area contributed by atoms with E-state index in [1.807, 2.05) is 31.2 Å². The van der Waals surface area contributed by atoms with Gasteiger partial charge in [-0.1, -0.05) is 61.9 Å². The van der Waals surface area contributed by atoms with E-state index >= 15 is 0 Å². The second kappa shape index (κ2) is 10.5. The van der Waals surface area contributed by atoms with E-state index < -0.39 is 11.7 Å². The zero-order valence-electron chi connectivity index (χ0n) is 18.4. The minimum absolute atomic E-state index is 0.101. The first-order valence-corrected chi connectivity index (χ1v) is 11.0. The number of hydrogen-bond acceptors (Lipinski definition) is 2. The number of amidine groups is 1. The van der Waals surface area contributed by atoms with Gasteiger partial charge in [-0.3, -0.25) is 4.99 Å². The van der Waals surface area contributed by atoms with Crippen molar-refractivity contribution in [3.63, 3.8) is 0 Å². The van der Waals surface area contributed by atoms with Crippen molar-refractivity contribution in [2.24, 2.45) is 10.7 Å². The Morgan fingerprint density at radius 1 is 1.00 bits per heavy atom. The van der Waals surface area contributed by atoms with Gasteiger partial charge in [0.2, 0.25) is 0 Å². The molecule has 170 valence electrons. The molecule has 0 aromatic heterocycles. The van der Waals surface area contributed by atoms with Crippen LogP contribution in [0, 0.1) is 6.92 Å². The van der Waals surface area contributed by atoms with Crippen LogP contribution < -0.4 is 11.1 Å². The Morgan fingerprint density at radius 3 is 2.38 bits per heavy atom. The summed E-state index contributed by atoms with van der Waals surface area (Å²) in [5, 5.41) is 3.29. The number of benzene rings is 2. The third kappa shape index (κ3) is 6.02. The van der Waals surface area contributed by atoms with Crippen molar-refractivity contribution in [1.82, 2.24) is 5.32 Å². The smallest absolute Gasteiger partial charge is 0.402 e. The molecular weight excluding hydrogens is 411 g/mol. The van der Waals surface area contributed by atoms with Crippen LogP contribution in [-0.4, -0.2) is 5.84 Å². The van der Waals surface area contributed by atoms with Crippen LogP contribution in [0.4, 0.5) is 13.2 Å². The lowest BCUT2D eigenvalue weighted by atomic mass is 9.96. The number of halogens is 3. The van der Waals surface area contributed by atoms with E-state index in [9.17, 15) is 13.2 Å². The zero-order chi connectivity index (χ0) is 23.1. The molecule has 0 bridgehead atoms. The molecule has 3 nitrogen and oxygen atoms in total. The zero-order valence-corrected chi connectivity index (χ0v) is 18.4. The van der Waals surface area contributed by atoms with Crippen molar-refractivity contribution in [2.75, 3.05) is 0 Å². The van der Waals surface area contributed by atoms with Gasteiger partial charge in [-0.2, -0.15) is 13.2 Å². The summed E-state index contributed by atoms with van der Waals surface area (Å²) < 4.78 is 40.4. The largest absolute Gasteiger partial charge is 0.416 e. The topological polar surface area (TPSA) is 50.4 Å². The van der Waals surface area contributed by atoms with Crippen molar-refractivity contribution < 1.29 is 13.2 Å². The third-order valence-electron chi connectivity index (χ3n) is 5.77. The molecule has 0 heterocycles. The fourth-order valence-corrected chi connectivity index (χ4v) is 3.98. The number of nitrogens with two attached hydrogens (primary N) is 1. The van der Waals surface area contributed by atoms with Crippen molar-refractivity contribution in [3.8, 4) is 0 Å². The molecule has 32 heavy (non-hydrogen) atoms. The third-order valence-corrected chi connectivity index (χ3v) is 5.77. The van der Waals surface area contributed by atoms with Gasteiger partial charge in [0.25, 0.3) is 0 Å². The van der Waals surface area contributed by atoms with Gasteiger partial charge in [-0.05, 0) is 49.8 Å². The molecule has 0 spiro atoms. The fraction of sp³-hybridized carbons (Fsp3) is 0.346. The van der Waals surface area contributed by atoms with Crippen LogP contribution in [-0.2, 0) is 12.7 Å². The molecule has 1 aliphatic carbocycles. The van der Waals surface area contributed by atoms with E-state index in [1.54, 1.807) is 6.07 Å². The van der Waals surface area contributed by atoms with E-state index in [4.69, 9.17) is 5.73 Å². The molecule has 2 aromatic carbocycles. The SMILES string of the molecule is C=C(NC(=NCc1ccccc1C(F)(F)F)/C1=C(\N)CCCCCC1)c1ccccc1C. The highest BCUT2D eigenvalue weighted by atomic mass is 19.4. The van der Waals surface area contributed by atoms with E-state index in [0.29, 0.717) is 11.5 Å². The molecule has 0 fully saturated rings. The van der Waals surface area contributed by atoms with Gasteiger partial charge < -0.3 is 11.1 Å². The van der Waals surface area contributed by atoms with Crippen molar-refractivity contribution >= 4 is 11.5 Å². The van der Waals surface area contributed by atoms with E-state index in [1.165, 1.54) is 12.1 Å². The molecule has 0 unspecified atom stereocenters. The van der Waals surface area contributed by atoms with Gasteiger partial charge >= 0.3 is 6.18 Å². The van der Waals surface area contributed by atoms with Crippen LogP contribution >= 0.6 is 0 Å². The number of nitrogens with one attached hydrogen (secondary N) is 1. The molecule has 3 N–H and O–H groups in total. The monoisotopic (exact) mass is 441 g/mol. The highest BCUT2D eigenvalue weighted by Gasteiger charge is 2.32. The Morgan fingerprint density at radius 2 is 1.66 bits per heavy atom. The number of alkyl halides is 3. The molecule has 3 rings (SSSR count). The molecule has 0 saturated carbocycles. The predicted molar refractivity (Wildman–Crippen MR) is 125 cm³/mol. The van der Waals surface area contributed by atoms with Crippen molar-refractivity contribution in [3.05, 3.63) is 88.6 Å². The Labute approximate surface area is 187 Å². The number of aryl methyl sites for hydroxylation is 1. The number of aliphatic imine (C=N–C) groups is 1. The number of allylic oxidation sites excluding steroid dienone is 1. The van der Waals surface area contributed by atoms with Gasteiger partial charge in [-0.25, -0.2) is 0 Å². The summed E-state index contributed by atoms with van der Waals surface area (Å²) >= 11 is 0. The van der Waals surface area contributed by atoms with Crippen LogP contribution in [0.15, 0.2) is 71.4 Å². The molecule has 6 heteroatoms. The second-order valence-electron chi connectivity index (χ2n) is 8.16. The summed E-state index contributed by atoms with van der Waals surface area (Å²) in [4.78, 5) is 4.62. The summed E-state index contributed by atoms with van der Waals surface area (Å²) in [5.41, 5.74) is 10.1. The first-order chi connectivity index (χ1) is 15.3. The summed E-state index contributed by atoms with van der Waals surface area (Å²) in [5.74, 6) is 0.509. The fourth-order valence-electron chi connectivity index (χ4n) is 3.98. The van der Waals surface area contributed by atoms with Gasteiger partial charge in [0.1, 0.15) is 5.84 Å². The highest BCUT2D eigenvalue weighted by Crippen LogP contribution is 2.32. The quantitative estimate of drug-likeness (QED) is 0.399. The van der Waals surface area contributed by atoms with Crippen molar-refractivity contribution in [2.45, 2.75) is 58.2 Å². The van der Waals surface area contributed by atoms with E-state index in [-0.39, 0.29) is 12.1 Å². The molecule has 0 saturated heterocycles. The van der Waals surface area contributed by atoms with E-state index in [0.717, 1.165) is 67.0 Å². The summed E-state index contributed by atoms with van der Waals surface area (Å²) in [6, 6.07) is 13.4. The van der Waals surface area contributed by atoms with Gasteiger partial charge in [-0.15, -0.1) is 0 Å². The minimum Gasteiger partial charge on any atom is -0.402 e. The predicted octanol–water partition coefficient (Wildman–Crippen LogP) is 6.74. The normalized spacial score (nSPS) is 18.1. The lowest BCUT2D eigenvalue weighted by Crippen LogP contribution is -2.27. The Balaban J connectivity index is 1.98. The standard InChI is InChI=1S/C26H30F3N3/c1-18-11-7-9-13-21(18)19(2)32-25(22-14-5-3-4-6-16-24(22)30)31-17-20-12-8-10-15-23(20)26(27,28)29/h7-13,15H,2-6,14,16-17,30H2,1H3,(H,31,32)/b24-22-. The first-order valence-electron chi connectivity index (χ1n) is 11.0. The van der Waals surface area contributed by atoms with Crippen LogP contribution in [0.25, 0.3) is 5.70 Å². The van der Waals surface area contributed by atoms with Crippen LogP contribution in [0.2, 0.25) is 0 Å². The first kappa shape index (κ1) is 23.6. The molecule has 0 radical (unpaired) electrons. The average molecular weight is 442 g/mol. The molecule has 0 aliphatic heterocycles. The van der Waals surface area contributed by atoms with Crippen LogP contribution in [0.3, 0.4) is 0 Å². The number of rotatable bonds is 5. The highest BCUT2D eigenvalue weighted by molar-refractivity contribution is 6.03. The van der Waals surface area contributed by atoms with Gasteiger partial charge in [0.05, 0.1) is 12.1 Å². The maximum absolute atomic E-state index is 13.5. The Hall–Kier alpha value is -3.02. The van der Waals surface area contributed by atoms with Gasteiger partial charge in [0.15, 0.2) is 0 Å². The molecule has 0 amide bonds. The summed E-state index contributed by atoms with van der Waals surface area (Å²) in [6.45, 7) is 6.05. The average Bonchev–Trinajstić information content (AvgIpc) is 2.74. The Kier molecular flexibility index (Phi) is 7.78. The lowest BCUT2D eigenvalue weighted by Gasteiger charge is -2.21. The van der Waals surface area contributed by atoms with Crippen LogP contribution in [0.5, 0.6) is 0 Å². The number of nitrogens with zero attached hydrogens (tertiary/aromatic N) is 1. The molecular formula is C26H30F3N3. The summed E-state index contributed by atoms with van der Waals surface area (Å²) in [6.07, 6.45) is 1.25. The molecule has 2 aromatic rings. The van der Waals surface area contributed by atoms with E-state index in [2.05, 4.69) is 16.9 Å². The van der Waals surface area contributed by atoms with Crippen LogP contribution in [0.1, 0.15) is 60.8 Å². The maximum Gasteiger partial charge on any atom is 0.416 e.